The Morgan fingerprint density at radius 2 is 1.69 bits per heavy atom. The second kappa shape index (κ2) is 10.4. The maximum absolute atomic E-state index is 13.3. The van der Waals surface area contributed by atoms with Crippen molar-refractivity contribution < 1.29 is 34.2 Å². The number of hydrogen-bond donors (Lipinski definition) is 3. The van der Waals surface area contributed by atoms with Gasteiger partial charge in [-0.05, 0) is 75.5 Å². The average Bonchev–Trinajstić information content (AvgIpc) is 3.12. The van der Waals surface area contributed by atoms with Crippen molar-refractivity contribution in [3.05, 3.63) is 12.2 Å². The van der Waals surface area contributed by atoms with Gasteiger partial charge in [-0.1, -0.05) is 19.0 Å². The second-order valence-corrected chi connectivity index (χ2v) is 12.0. The Balaban J connectivity index is 0.000000392. The molecule has 0 unspecified atom stereocenters. The fourth-order valence-electron chi connectivity index (χ4n) is 7.07. The van der Waals surface area contributed by atoms with E-state index >= 15 is 0 Å². The van der Waals surface area contributed by atoms with Crippen LogP contribution in [0.25, 0.3) is 0 Å². The topological polar surface area (TPSA) is 156 Å². The highest BCUT2D eigenvalue weighted by Crippen LogP contribution is 2.64. The standard InChI is InChI=1S/C23H36N2O3.C4H4O4/c1-21(2,13-24)28-25-14-7-9-22(3)17-8-10-23(4)16(5-6-20(23)27)15(17)12-19(26)18(22)11-14;5-3(6)1-2-4(7)8/h15-18H,5-13,24H2,1-4H3;1-2H,(H,5,6)(H,7,8)/b25-14+;2-1+/t15-,16-,17-,18+,22+,23-;/m0./s1. The number of carbonyl (C=O) groups excluding carboxylic acids is 2. The number of carboxylic acid groups (broad SMARTS) is 2. The largest absolute Gasteiger partial charge is 0.478 e. The summed E-state index contributed by atoms with van der Waals surface area (Å²) in [6, 6.07) is 0. The zero-order chi connectivity index (χ0) is 26.9. The van der Waals surface area contributed by atoms with Crippen molar-refractivity contribution in [3.8, 4) is 0 Å². The maximum Gasteiger partial charge on any atom is 0.328 e. The zero-order valence-corrected chi connectivity index (χ0v) is 21.8. The van der Waals surface area contributed by atoms with Crippen molar-refractivity contribution in [2.45, 2.75) is 84.7 Å². The van der Waals surface area contributed by atoms with Crippen LogP contribution in [0.1, 0.15) is 79.1 Å². The molecule has 4 aliphatic carbocycles. The van der Waals surface area contributed by atoms with E-state index in [-0.39, 0.29) is 16.7 Å². The van der Waals surface area contributed by atoms with E-state index in [0.29, 0.717) is 60.9 Å². The van der Waals surface area contributed by atoms with Gasteiger partial charge in [-0.3, -0.25) is 9.59 Å². The van der Waals surface area contributed by atoms with E-state index in [1.54, 1.807) is 0 Å². The highest BCUT2D eigenvalue weighted by atomic mass is 16.6. The SMILES string of the molecule is CC(C)(CN)O/N=C1\CC[C@@]2(C)[C@H](C1)C(=O)C[C@@H]1[C@@H]2CC[C@]2(C)C(=O)CC[C@@H]12.O=C(O)/C=C/C(=O)O. The Labute approximate surface area is 212 Å². The fraction of sp³-hybridized carbons (Fsp3) is 0.741. The van der Waals surface area contributed by atoms with Gasteiger partial charge in [0.1, 0.15) is 17.2 Å². The first-order chi connectivity index (χ1) is 16.7. The lowest BCUT2D eigenvalue weighted by Gasteiger charge is -2.58. The summed E-state index contributed by atoms with van der Waals surface area (Å²) in [4.78, 5) is 50.6. The number of nitrogens with two attached hydrogens (primary N) is 1. The van der Waals surface area contributed by atoms with Gasteiger partial charge in [0.25, 0.3) is 0 Å². The molecule has 9 heteroatoms. The fourth-order valence-corrected chi connectivity index (χ4v) is 7.07. The molecule has 0 radical (unpaired) electrons. The van der Waals surface area contributed by atoms with Crippen LogP contribution >= 0.6 is 0 Å². The third-order valence-electron chi connectivity index (χ3n) is 9.29. The van der Waals surface area contributed by atoms with Crippen LogP contribution in [-0.4, -0.2) is 51.6 Å². The van der Waals surface area contributed by atoms with Gasteiger partial charge in [-0.25, -0.2) is 9.59 Å². The Bertz CT molecular complexity index is 955. The molecule has 4 aliphatic rings. The highest BCUT2D eigenvalue weighted by molar-refractivity contribution is 5.93. The molecule has 200 valence electrons. The number of rotatable bonds is 5. The van der Waals surface area contributed by atoms with E-state index in [2.05, 4.69) is 19.0 Å². The zero-order valence-electron chi connectivity index (χ0n) is 21.8. The smallest absolute Gasteiger partial charge is 0.328 e. The van der Waals surface area contributed by atoms with Crippen LogP contribution in [-0.2, 0) is 24.0 Å². The van der Waals surface area contributed by atoms with Gasteiger partial charge >= 0.3 is 11.9 Å². The summed E-state index contributed by atoms with van der Waals surface area (Å²) in [7, 11) is 0. The summed E-state index contributed by atoms with van der Waals surface area (Å²) >= 11 is 0. The second-order valence-electron chi connectivity index (χ2n) is 12.0. The minimum atomic E-state index is -1.26. The van der Waals surface area contributed by atoms with Crippen molar-refractivity contribution in [1.82, 2.24) is 0 Å². The number of aliphatic carboxylic acids is 2. The van der Waals surface area contributed by atoms with E-state index in [1.165, 1.54) is 0 Å². The summed E-state index contributed by atoms with van der Waals surface area (Å²) in [6.07, 6.45) is 8.17. The predicted octanol–water partition coefficient (Wildman–Crippen LogP) is 3.60. The van der Waals surface area contributed by atoms with Crippen LogP contribution in [0.4, 0.5) is 0 Å². The van der Waals surface area contributed by atoms with Crippen LogP contribution in [0.2, 0.25) is 0 Å². The van der Waals surface area contributed by atoms with Crippen LogP contribution in [0.5, 0.6) is 0 Å². The third-order valence-corrected chi connectivity index (χ3v) is 9.29. The normalized spacial score (nSPS) is 37.0. The molecule has 4 saturated carbocycles. The number of fused-ring (bicyclic) bond motifs is 5. The Kier molecular flexibility index (Phi) is 8.13. The molecule has 0 saturated heterocycles. The van der Waals surface area contributed by atoms with Crippen LogP contribution in [0.15, 0.2) is 17.3 Å². The van der Waals surface area contributed by atoms with E-state index < -0.39 is 17.5 Å². The first kappa shape index (κ1) is 28.0. The summed E-state index contributed by atoms with van der Waals surface area (Å²) in [5.74, 6) is -0.283. The van der Waals surface area contributed by atoms with Crippen molar-refractivity contribution >= 4 is 29.2 Å². The summed E-state index contributed by atoms with van der Waals surface area (Å²) in [5, 5.41) is 20.0. The summed E-state index contributed by atoms with van der Waals surface area (Å²) in [6.45, 7) is 8.79. The summed E-state index contributed by atoms with van der Waals surface area (Å²) < 4.78 is 0. The number of nitrogens with zero attached hydrogens (tertiary/aromatic N) is 1. The molecular formula is C27H40N2O7. The van der Waals surface area contributed by atoms with Crippen LogP contribution in [0.3, 0.4) is 0 Å². The van der Waals surface area contributed by atoms with Crippen molar-refractivity contribution in [2.75, 3.05) is 6.54 Å². The van der Waals surface area contributed by atoms with E-state index in [0.717, 1.165) is 44.2 Å². The third kappa shape index (κ3) is 5.56. The Morgan fingerprint density at radius 3 is 2.28 bits per heavy atom. The minimum absolute atomic E-state index is 0.0371. The molecule has 36 heavy (non-hydrogen) atoms. The molecule has 4 rings (SSSR count). The Morgan fingerprint density at radius 1 is 1.06 bits per heavy atom. The molecule has 0 aliphatic heterocycles. The van der Waals surface area contributed by atoms with Crippen molar-refractivity contribution in [1.29, 1.82) is 0 Å². The van der Waals surface area contributed by atoms with Gasteiger partial charge in [0.05, 0.1) is 5.71 Å². The summed E-state index contributed by atoms with van der Waals surface area (Å²) in [5.41, 5.74) is 6.13. The molecule has 0 aromatic rings. The molecule has 6 atom stereocenters. The lowest BCUT2D eigenvalue weighted by atomic mass is 9.45. The number of carboxylic acids is 2. The van der Waals surface area contributed by atoms with E-state index in [1.807, 2.05) is 13.8 Å². The van der Waals surface area contributed by atoms with Crippen molar-refractivity contribution in [3.63, 3.8) is 0 Å². The molecule has 9 nitrogen and oxygen atoms in total. The van der Waals surface area contributed by atoms with Crippen LogP contribution < -0.4 is 5.73 Å². The molecular weight excluding hydrogens is 464 g/mol. The van der Waals surface area contributed by atoms with Crippen molar-refractivity contribution in [2.24, 2.45) is 45.4 Å². The van der Waals surface area contributed by atoms with Gasteiger partial charge in [0.2, 0.25) is 0 Å². The van der Waals surface area contributed by atoms with E-state index in [9.17, 15) is 19.2 Å². The molecule has 0 aromatic heterocycles. The van der Waals surface area contributed by atoms with Crippen LogP contribution in [0, 0.1) is 34.5 Å². The molecule has 0 bridgehead atoms. The molecule has 0 amide bonds. The maximum atomic E-state index is 13.3. The number of Topliss-reactive ketones (excluding diaryl/α,β-unsaturated/α-hetero) is 2. The lowest BCUT2D eigenvalue weighted by molar-refractivity contribution is -0.152. The molecule has 4 fully saturated rings. The molecule has 0 spiro atoms. The minimum Gasteiger partial charge on any atom is -0.478 e. The number of ketones is 2. The monoisotopic (exact) mass is 504 g/mol. The van der Waals surface area contributed by atoms with E-state index in [4.69, 9.17) is 20.8 Å². The molecule has 0 heterocycles. The number of carbonyl (C=O) groups is 4. The molecule has 4 N–H and O–H groups in total. The van der Waals surface area contributed by atoms with Gasteiger partial charge in [-0.2, -0.15) is 0 Å². The first-order valence-corrected chi connectivity index (χ1v) is 12.9. The predicted molar refractivity (Wildman–Crippen MR) is 133 cm³/mol. The van der Waals surface area contributed by atoms with Gasteiger partial charge in [0.15, 0.2) is 0 Å². The highest BCUT2D eigenvalue weighted by Gasteiger charge is 2.62. The number of hydrogen-bond acceptors (Lipinski definition) is 7. The quantitative estimate of drug-likeness (QED) is 0.379. The molecule has 0 aromatic carbocycles. The van der Waals surface area contributed by atoms with Gasteiger partial charge in [0, 0.05) is 42.9 Å². The average molecular weight is 505 g/mol. The Hall–Kier alpha value is -2.55. The lowest BCUT2D eigenvalue weighted by Crippen LogP contribution is -2.56. The number of oxime groups is 1. The van der Waals surface area contributed by atoms with Gasteiger partial charge < -0.3 is 20.8 Å². The van der Waals surface area contributed by atoms with Gasteiger partial charge in [-0.15, -0.1) is 0 Å². The first-order valence-electron chi connectivity index (χ1n) is 12.9.